The Balaban J connectivity index is 2.87. The lowest BCUT2D eigenvalue weighted by atomic mass is 10.2. The number of imidazole rings is 1. The average molecular weight is 164 g/mol. The van der Waals surface area contributed by atoms with E-state index in [0.29, 0.717) is 0 Å². The third kappa shape index (κ3) is 1.01. The van der Waals surface area contributed by atoms with E-state index in [9.17, 15) is 0 Å². The van der Waals surface area contributed by atoms with Crippen LogP contribution in [0.1, 0.15) is 5.56 Å². The third-order valence-corrected chi connectivity index (χ3v) is 2.00. The highest BCUT2D eigenvalue weighted by molar-refractivity contribution is 7.78. The highest BCUT2D eigenvalue weighted by Crippen LogP contribution is 2.14. The van der Waals surface area contributed by atoms with Crippen LogP contribution in [0.5, 0.6) is 0 Å². The Morgan fingerprint density at radius 3 is 3.09 bits per heavy atom. The van der Waals surface area contributed by atoms with Crippen LogP contribution in [0, 0.1) is 6.92 Å². The van der Waals surface area contributed by atoms with Gasteiger partial charge in [-0.3, -0.25) is 3.97 Å². The fourth-order valence-electron chi connectivity index (χ4n) is 1.11. The van der Waals surface area contributed by atoms with Crippen LogP contribution in [0.2, 0.25) is 0 Å². The number of hydrogen-bond donors (Lipinski definition) is 1. The number of benzene rings is 1. The second-order valence-corrected chi connectivity index (χ2v) is 3.01. The van der Waals surface area contributed by atoms with E-state index in [2.05, 4.69) is 30.8 Å². The lowest BCUT2D eigenvalue weighted by Gasteiger charge is -1.93. The number of rotatable bonds is 0. The molecule has 1 aromatic heterocycles. The second-order valence-electron chi connectivity index (χ2n) is 2.58. The van der Waals surface area contributed by atoms with Gasteiger partial charge in [0.2, 0.25) is 0 Å². The fraction of sp³-hybridized carbons (Fsp3) is 0.125. The van der Waals surface area contributed by atoms with Crippen molar-refractivity contribution in [3.8, 4) is 0 Å². The monoisotopic (exact) mass is 164 g/mol. The molecule has 0 atom stereocenters. The van der Waals surface area contributed by atoms with Crippen LogP contribution in [0.3, 0.4) is 0 Å². The largest absolute Gasteiger partial charge is 0.275 e. The molecule has 0 bridgehead atoms. The smallest absolute Gasteiger partial charge is 0.106 e. The zero-order valence-electron chi connectivity index (χ0n) is 6.15. The molecule has 0 fully saturated rings. The van der Waals surface area contributed by atoms with Crippen molar-refractivity contribution in [2.45, 2.75) is 6.92 Å². The molecule has 0 amide bonds. The summed E-state index contributed by atoms with van der Waals surface area (Å²) >= 11 is 4.20. The molecule has 2 aromatic rings. The van der Waals surface area contributed by atoms with E-state index in [-0.39, 0.29) is 0 Å². The minimum absolute atomic E-state index is 0.991. The van der Waals surface area contributed by atoms with E-state index < -0.39 is 0 Å². The van der Waals surface area contributed by atoms with Crippen molar-refractivity contribution in [3.63, 3.8) is 0 Å². The molecule has 1 aromatic carbocycles. The summed E-state index contributed by atoms with van der Waals surface area (Å²) in [4.78, 5) is 4.15. The van der Waals surface area contributed by atoms with Crippen molar-refractivity contribution in [3.05, 3.63) is 30.1 Å². The molecule has 0 aliphatic rings. The standard InChI is InChI=1S/C8H8N2S/c1-6-2-3-7-8(4-6)10(11)5-9-7/h2-5,11H,1H3. The van der Waals surface area contributed by atoms with Gasteiger partial charge >= 0.3 is 0 Å². The number of nitrogens with zero attached hydrogens (tertiary/aromatic N) is 2. The average Bonchev–Trinajstić information content (AvgIpc) is 2.33. The number of aromatic nitrogens is 2. The third-order valence-electron chi connectivity index (χ3n) is 1.68. The fourth-order valence-corrected chi connectivity index (χ4v) is 1.32. The van der Waals surface area contributed by atoms with Gasteiger partial charge in [0.1, 0.15) is 6.33 Å². The van der Waals surface area contributed by atoms with Crippen LogP contribution in [0.4, 0.5) is 0 Å². The summed E-state index contributed by atoms with van der Waals surface area (Å²) in [6, 6.07) is 6.11. The Hall–Kier alpha value is -0.960. The zero-order valence-corrected chi connectivity index (χ0v) is 7.05. The number of aryl methyl sites for hydroxylation is 1. The molecule has 0 unspecified atom stereocenters. The van der Waals surface area contributed by atoms with Crippen LogP contribution in [-0.4, -0.2) is 8.96 Å². The quantitative estimate of drug-likeness (QED) is 0.590. The zero-order chi connectivity index (χ0) is 7.84. The van der Waals surface area contributed by atoms with Gasteiger partial charge in [-0.2, -0.15) is 0 Å². The molecule has 3 heteroatoms. The summed E-state index contributed by atoms with van der Waals surface area (Å²) in [6.07, 6.45) is 1.70. The topological polar surface area (TPSA) is 17.8 Å². The van der Waals surface area contributed by atoms with Gasteiger partial charge < -0.3 is 0 Å². The highest BCUT2D eigenvalue weighted by Gasteiger charge is 1.97. The maximum Gasteiger partial charge on any atom is 0.106 e. The van der Waals surface area contributed by atoms with Crippen LogP contribution in [0.15, 0.2) is 24.5 Å². The first-order chi connectivity index (χ1) is 5.27. The summed E-state index contributed by atoms with van der Waals surface area (Å²) in [6.45, 7) is 2.06. The molecule has 11 heavy (non-hydrogen) atoms. The van der Waals surface area contributed by atoms with Crippen LogP contribution >= 0.6 is 12.8 Å². The minimum Gasteiger partial charge on any atom is -0.275 e. The first kappa shape index (κ1) is 6.73. The molecular weight excluding hydrogens is 156 g/mol. The van der Waals surface area contributed by atoms with Crippen molar-refractivity contribution in [2.75, 3.05) is 0 Å². The number of hydrogen-bond acceptors (Lipinski definition) is 2. The van der Waals surface area contributed by atoms with Crippen LogP contribution in [-0.2, 0) is 0 Å². The van der Waals surface area contributed by atoms with Crippen molar-refractivity contribution < 1.29 is 0 Å². The van der Waals surface area contributed by atoms with E-state index in [1.807, 2.05) is 12.1 Å². The Morgan fingerprint density at radius 2 is 2.27 bits per heavy atom. The SMILES string of the molecule is Cc1ccc2ncn(S)c2c1. The molecular formula is C8H8N2S. The predicted octanol–water partition coefficient (Wildman–Crippen LogP) is 2.04. The lowest BCUT2D eigenvalue weighted by molar-refractivity contribution is 1.28. The minimum atomic E-state index is 0.991. The normalized spacial score (nSPS) is 10.7. The van der Waals surface area contributed by atoms with Gasteiger partial charge in [-0.25, -0.2) is 4.98 Å². The molecule has 1 heterocycles. The van der Waals surface area contributed by atoms with Gasteiger partial charge in [0, 0.05) is 0 Å². The molecule has 0 saturated heterocycles. The first-order valence-corrected chi connectivity index (χ1v) is 3.80. The molecule has 56 valence electrons. The summed E-state index contributed by atoms with van der Waals surface area (Å²) in [7, 11) is 0. The van der Waals surface area contributed by atoms with Gasteiger partial charge in [0.05, 0.1) is 11.0 Å². The lowest BCUT2D eigenvalue weighted by Crippen LogP contribution is -1.77. The van der Waals surface area contributed by atoms with Crippen molar-refractivity contribution in [2.24, 2.45) is 0 Å². The molecule has 0 aliphatic heterocycles. The summed E-state index contributed by atoms with van der Waals surface area (Å²) in [5, 5.41) is 0. The summed E-state index contributed by atoms with van der Waals surface area (Å²) in [5.74, 6) is 0. The van der Waals surface area contributed by atoms with Gasteiger partial charge in [-0.1, -0.05) is 18.9 Å². The van der Waals surface area contributed by atoms with Gasteiger partial charge in [-0.15, -0.1) is 0 Å². The van der Waals surface area contributed by atoms with Gasteiger partial charge in [-0.05, 0) is 24.6 Å². The Morgan fingerprint density at radius 1 is 1.45 bits per heavy atom. The molecule has 0 spiro atoms. The van der Waals surface area contributed by atoms with Crippen molar-refractivity contribution >= 4 is 23.8 Å². The number of thiol groups is 1. The van der Waals surface area contributed by atoms with Crippen LogP contribution in [0.25, 0.3) is 11.0 Å². The Bertz CT molecular complexity index is 392. The molecule has 2 nitrogen and oxygen atoms in total. The summed E-state index contributed by atoms with van der Waals surface area (Å²) in [5.41, 5.74) is 3.28. The van der Waals surface area contributed by atoms with Crippen molar-refractivity contribution in [1.82, 2.24) is 8.96 Å². The van der Waals surface area contributed by atoms with E-state index >= 15 is 0 Å². The molecule has 0 radical (unpaired) electrons. The van der Waals surface area contributed by atoms with E-state index in [0.717, 1.165) is 11.0 Å². The molecule has 0 N–H and O–H groups in total. The maximum atomic E-state index is 4.20. The Kier molecular flexibility index (Phi) is 1.39. The van der Waals surface area contributed by atoms with E-state index in [1.54, 1.807) is 10.3 Å². The van der Waals surface area contributed by atoms with E-state index in [1.165, 1.54) is 5.56 Å². The van der Waals surface area contributed by atoms with Crippen molar-refractivity contribution in [1.29, 1.82) is 0 Å². The summed E-state index contributed by atoms with van der Waals surface area (Å²) < 4.78 is 1.72. The maximum absolute atomic E-state index is 4.20. The highest BCUT2D eigenvalue weighted by atomic mass is 32.1. The Labute approximate surface area is 70.4 Å². The number of fused-ring (bicyclic) bond motifs is 1. The second kappa shape index (κ2) is 2.27. The molecule has 0 saturated carbocycles. The van der Waals surface area contributed by atoms with Gasteiger partial charge in [0.25, 0.3) is 0 Å². The molecule has 0 aliphatic carbocycles. The first-order valence-electron chi connectivity index (χ1n) is 3.40. The molecule has 2 rings (SSSR count). The van der Waals surface area contributed by atoms with Crippen LogP contribution < -0.4 is 0 Å². The van der Waals surface area contributed by atoms with E-state index in [4.69, 9.17) is 0 Å². The van der Waals surface area contributed by atoms with Gasteiger partial charge in [0.15, 0.2) is 0 Å². The predicted molar refractivity (Wildman–Crippen MR) is 48.9 cm³/mol.